The summed E-state index contributed by atoms with van der Waals surface area (Å²) in [6.45, 7) is 1.31. The highest BCUT2D eigenvalue weighted by atomic mass is 19.1. The van der Waals surface area contributed by atoms with Gasteiger partial charge in [0.25, 0.3) is 6.47 Å². The number of rotatable bonds is 4. The van der Waals surface area contributed by atoms with Crippen LogP contribution in [0.4, 0.5) is 10.1 Å². The van der Waals surface area contributed by atoms with Gasteiger partial charge in [-0.25, -0.2) is 4.39 Å². The summed E-state index contributed by atoms with van der Waals surface area (Å²) in [7, 11) is 0. The molecule has 5 heteroatoms. The minimum atomic E-state index is -0.316. The minimum Gasteiger partial charge on any atom is -0.468 e. The Bertz CT molecular complexity index is 447. The van der Waals surface area contributed by atoms with Crippen LogP contribution < -0.4 is 4.90 Å². The van der Waals surface area contributed by atoms with Crippen LogP contribution in [0.1, 0.15) is 19.3 Å². The maximum absolute atomic E-state index is 12.9. The Morgan fingerprint density at radius 1 is 1.37 bits per heavy atom. The molecule has 0 spiro atoms. The van der Waals surface area contributed by atoms with E-state index in [0.29, 0.717) is 25.1 Å². The summed E-state index contributed by atoms with van der Waals surface area (Å²) >= 11 is 0. The van der Waals surface area contributed by atoms with Crippen molar-refractivity contribution < 1.29 is 18.7 Å². The molecule has 0 aromatic heterocycles. The molecule has 4 nitrogen and oxygen atoms in total. The molecule has 0 radical (unpaired) electrons. The van der Waals surface area contributed by atoms with Gasteiger partial charge in [0.2, 0.25) is 5.91 Å². The molecule has 0 aliphatic carbocycles. The van der Waals surface area contributed by atoms with Crippen LogP contribution in [0, 0.1) is 11.7 Å². The van der Waals surface area contributed by atoms with E-state index in [2.05, 4.69) is 0 Å². The number of anilines is 1. The molecule has 19 heavy (non-hydrogen) atoms. The summed E-state index contributed by atoms with van der Waals surface area (Å²) in [5.74, 6) is -0.255. The SMILES string of the molecule is O=COCC1CCCN(c2ccc(F)cc2)C(=O)C1. The fourth-order valence-electron chi connectivity index (χ4n) is 2.33. The van der Waals surface area contributed by atoms with E-state index < -0.39 is 0 Å². The largest absolute Gasteiger partial charge is 0.468 e. The number of halogens is 1. The van der Waals surface area contributed by atoms with Gasteiger partial charge < -0.3 is 9.64 Å². The Morgan fingerprint density at radius 2 is 2.11 bits per heavy atom. The first kappa shape index (κ1) is 13.5. The molecule has 1 unspecified atom stereocenters. The monoisotopic (exact) mass is 265 g/mol. The van der Waals surface area contributed by atoms with E-state index in [1.165, 1.54) is 12.1 Å². The Labute approximate surface area is 111 Å². The number of hydrogen-bond acceptors (Lipinski definition) is 3. The first-order valence-corrected chi connectivity index (χ1v) is 6.32. The van der Waals surface area contributed by atoms with E-state index in [0.717, 1.165) is 12.8 Å². The van der Waals surface area contributed by atoms with Crippen LogP contribution >= 0.6 is 0 Å². The van der Waals surface area contributed by atoms with Crippen molar-refractivity contribution in [2.75, 3.05) is 18.1 Å². The molecule has 2 rings (SSSR count). The second-order valence-electron chi connectivity index (χ2n) is 4.66. The zero-order valence-electron chi connectivity index (χ0n) is 10.5. The lowest BCUT2D eigenvalue weighted by atomic mass is 10.0. The van der Waals surface area contributed by atoms with Crippen molar-refractivity contribution in [2.24, 2.45) is 5.92 Å². The van der Waals surface area contributed by atoms with Crippen molar-refractivity contribution in [3.05, 3.63) is 30.1 Å². The van der Waals surface area contributed by atoms with Gasteiger partial charge in [0.15, 0.2) is 0 Å². The third kappa shape index (κ3) is 3.53. The zero-order chi connectivity index (χ0) is 13.7. The van der Waals surface area contributed by atoms with Gasteiger partial charge in [-0.3, -0.25) is 9.59 Å². The first-order chi connectivity index (χ1) is 9.20. The van der Waals surface area contributed by atoms with Crippen LogP contribution in [-0.2, 0) is 14.3 Å². The van der Waals surface area contributed by atoms with Crippen LogP contribution in [0.5, 0.6) is 0 Å². The van der Waals surface area contributed by atoms with Crippen LogP contribution in [-0.4, -0.2) is 25.5 Å². The molecule has 1 aromatic carbocycles. The van der Waals surface area contributed by atoms with Crippen LogP contribution in [0.15, 0.2) is 24.3 Å². The molecule has 1 atom stereocenters. The van der Waals surface area contributed by atoms with Crippen molar-refractivity contribution in [1.82, 2.24) is 0 Å². The van der Waals surface area contributed by atoms with Gasteiger partial charge in [-0.05, 0) is 37.1 Å². The molecule has 1 heterocycles. The lowest BCUT2D eigenvalue weighted by molar-refractivity contribution is -0.131. The molecule has 0 bridgehead atoms. The Balaban J connectivity index is 2.05. The van der Waals surface area contributed by atoms with E-state index in [9.17, 15) is 14.0 Å². The predicted octanol–water partition coefficient (Wildman–Crippen LogP) is 2.13. The normalized spacial score (nSPS) is 19.9. The zero-order valence-corrected chi connectivity index (χ0v) is 10.5. The minimum absolute atomic E-state index is 0.0105. The average Bonchev–Trinajstić information content (AvgIpc) is 2.59. The van der Waals surface area contributed by atoms with Gasteiger partial charge in [-0.1, -0.05) is 0 Å². The number of amides is 1. The number of carbonyl (C=O) groups is 2. The Kier molecular flexibility index (Phi) is 4.49. The summed E-state index contributed by atoms with van der Waals surface area (Å²) in [6.07, 6.45) is 2.04. The molecule has 1 amide bonds. The first-order valence-electron chi connectivity index (χ1n) is 6.32. The second-order valence-corrected chi connectivity index (χ2v) is 4.66. The Morgan fingerprint density at radius 3 is 2.79 bits per heavy atom. The molecule has 1 aliphatic heterocycles. The second kappa shape index (κ2) is 6.31. The number of ether oxygens (including phenoxy) is 1. The number of carbonyl (C=O) groups excluding carboxylic acids is 2. The molecule has 1 aromatic rings. The van der Waals surface area contributed by atoms with Crippen LogP contribution in [0.25, 0.3) is 0 Å². The third-order valence-corrected chi connectivity index (χ3v) is 3.30. The van der Waals surface area contributed by atoms with Crippen molar-refractivity contribution in [3.63, 3.8) is 0 Å². The topological polar surface area (TPSA) is 46.6 Å². The van der Waals surface area contributed by atoms with E-state index in [-0.39, 0.29) is 24.2 Å². The molecule has 1 aliphatic rings. The van der Waals surface area contributed by atoms with Gasteiger partial charge in [0, 0.05) is 24.6 Å². The molecule has 0 saturated carbocycles. The Hall–Kier alpha value is -1.91. The summed E-state index contributed by atoms with van der Waals surface area (Å²) in [6, 6.07) is 5.91. The predicted molar refractivity (Wildman–Crippen MR) is 68.1 cm³/mol. The third-order valence-electron chi connectivity index (χ3n) is 3.30. The smallest absolute Gasteiger partial charge is 0.293 e. The molecule has 1 fully saturated rings. The van der Waals surface area contributed by atoms with Gasteiger partial charge in [-0.15, -0.1) is 0 Å². The summed E-state index contributed by atoms with van der Waals surface area (Å²) in [5.41, 5.74) is 0.711. The fraction of sp³-hybridized carbons (Fsp3) is 0.429. The van der Waals surface area contributed by atoms with Crippen molar-refractivity contribution in [3.8, 4) is 0 Å². The fourth-order valence-corrected chi connectivity index (χ4v) is 2.33. The molecular formula is C14H16FNO3. The summed E-state index contributed by atoms with van der Waals surface area (Å²) < 4.78 is 17.6. The van der Waals surface area contributed by atoms with E-state index in [4.69, 9.17) is 4.74 Å². The van der Waals surface area contributed by atoms with Crippen molar-refractivity contribution in [1.29, 1.82) is 0 Å². The lowest BCUT2D eigenvalue weighted by Gasteiger charge is -2.20. The highest BCUT2D eigenvalue weighted by molar-refractivity contribution is 5.93. The standard InChI is InChI=1S/C14H16FNO3/c15-12-3-5-13(6-4-12)16-7-1-2-11(8-14(16)18)9-19-10-17/h3-6,10-11H,1-2,7-9H2. The number of nitrogens with zero attached hydrogens (tertiary/aromatic N) is 1. The maximum atomic E-state index is 12.9. The van der Waals surface area contributed by atoms with E-state index >= 15 is 0 Å². The maximum Gasteiger partial charge on any atom is 0.293 e. The van der Waals surface area contributed by atoms with E-state index in [1.54, 1.807) is 17.0 Å². The van der Waals surface area contributed by atoms with Gasteiger partial charge >= 0.3 is 0 Å². The molecule has 102 valence electrons. The highest BCUT2D eigenvalue weighted by Gasteiger charge is 2.24. The molecule has 1 saturated heterocycles. The van der Waals surface area contributed by atoms with E-state index in [1.807, 2.05) is 0 Å². The number of hydrogen-bond donors (Lipinski definition) is 0. The van der Waals surface area contributed by atoms with Crippen LogP contribution in [0.2, 0.25) is 0 Å². The average molecular weight is 265 g/mol. The number of benzene rings is 1. The van der Waals surface area contributed by atoms with Crippen molar-refractivity contribution in [2.45, 2.75) is 19.3 Å². The van der Waals surface area contributed by atoms with Gasteiger partial charge in [0.1, 0.15) is 5.82 Å². The molecular weight excluding hydrogens is 249 g/mol. The van der Waals surface area contributed by atoms with Crippen LogP contribution in [0.3, 0.4) is 0 Å². The quantitative estimate of drug-likeness (QED) is 0.783. The summed E-state index contributed by atoms with van der Waals surface area (Å²) in [5, 5.41) is 0. The molecule has 0 N–H and O–H groups in total. The van der Waals surface area contributed by atoms with Gasteiger partial charge in [-0.2, -0.15) is 0 Å². The lowest BCUT2D eigenvalue weighted by Crippen LogP contribution is -2.30. The van der Waals surface area contributed by atoms with Crippen molar-refractivity contribution >= 4 is 18.1 Å². The summed E-state index contributed by atoms with van der Waals surface area (Å²) in [4.78, 5) is 24.0. The highest BCUT2D eigenvalue weighted by Crippen LogP contribution is 2.24. The van der Waals surface area contributed by atoms with Gasteiger partial charge in [0.05, 0.1) is 6.61 Å².